The third kappa shape index (κ3) is 6.32. The monoisotopic (exact) mass is 553 g/mol. The van der Waals surface area contributed by atoms with Gasteiger partial charge in [0.2, 0.25) is 0 Å². The van der Waals surface area contributed by atoms with E-state index in [1.807, 2.05) is 37.3 Å². The number of nitrogens with one attached hydrogen (secondary N) is 2. The maximum atomic E-state index is 13.2. The fourth-order valence-corrected chi connectivity index (χ4v) is 4.88. The Kier molecular flexibility index (Phi) is 7.80. The number of hydrogen-bond donors (Lipinski definition) is 2. The summed E-state index contributed by atoms with van der Waals surface area (Å²) in [5.41, 5.74) is 4.60. The number of hydrogen-bond acceptors (Lipinski definition) is 7. The Labute approximate surface area is 237 Å². The average molecular weight is 554 g/mol. The number of aromatic nitrogens is 1. The molecule has 0 spiro atoms. The Morgan fingerprint density at radius 3 is 2.54 bits per heavy atom. The molecule has 9 nitrogen and oxygen atoms in total. The van der Waals surface area contributed by atoms with Gasteiger partial charge in [0.25, 0.3) is 11.8 Å². The molecule has 0 aliphatic carbocycles. The van der Waals surface area contributed by atoms with Gasteiger partial charge in [-0.1, -0.05) is 12.1 Å². The van der Waals surface area contributed by atoms with Crippen molar-refractivity contribution in [3.05, 3.63) is 89.1 Å². The SMILES string of the molecule is Cc1ccc(NC(=O)c2ccc3c(c2)OCCO3)cc1NC(=O)c1ccc2nc(COCC3CCCO3)ccc2c1. The molecule has 4 aromatic rings. The lowest BCUT2D eigenvalue weighted by Crippen LogP contribution is -2.17. The van der Waals surface area contributed by atoms with Crippen molar-refractivity contribution in [1.29, 1.82) is 0 Å². The molecule has 3 heterocycles. The zero-order chi connectivity index (χ0) is 28.2. The van der Waals surface area contributed by atoms with Crippen LogP contribution in [0, 0.1) is 6.92 Å². The molecule has 0 saturated carbocycles. The van der Waals surface area contributed by atoms with Crippen LogP contribution in [0.4, 0.5) is 11.4 Å². The Hall–Kier alpha value is -4.47. The van der Waals surface area contributed by atoms with Crippen LogP contribution in [-0.4, -0.2) is 49.3 Å². The largest absolute Gasteiger partial charge is 0.486 e. The molecule has 1 fully saturated rings. The molecule has 2 aliphatic heterocycles. The molecule has 1 saturated heterocycles. The summed E-state index contributed by atoms with van der Waals surface area (Å²) in [6.45, 7) is 4.62. The maximum Gasteiger partial charge on any atom is 0.255 e. The maximum absolute atomic E-state index is 13.2. The molecule has 1 unspecified atom stereocenters. The van der Waals surface area contributed by atoms with Gasteiger partial charge in [0.05, 0.1) is 30.5 Å². The van der Waals surface area contributed by atoms with Gasteiger partial charge in [-0.05, 0) is 79.9 Å². The Bertz CT molecular complexity index is 1600. The second-order valence-corrected chi connectivity index (χ2v) is 10.2. The summed E-state index contributed by atoms with van der Waals surface area (Å²) in [5.74, 6) is 0.624. The first-order valence-electron chi connectivity index (χ1n) is 13.7. The van der Waals surface area contributed by atoms with Crippen molar-refractivity contribution in [2.75, 3.05) is 37.1 Å². The Balaban J connectivity index is 1.10. The van der Waals surface area contributed by atoms with Gasteiger partial charge in [-0.3, -0.25) is 14.6 Å². The van der Waals surface area contributed by atoms with Crippen LogP contribution in [0.15, 0.2) is 66.7 Å². The highest BCUT2D eigenvalue weighted by atomic mass is 16.6. The molecule has 41 heavy (non-hydrogen) atoms. The van der Waals surface area contributed by atoms with Crippen LogP contribution in [-0.2, 0) is 16.1 Å². The van der Waals surface area contributed by atoms with Crippen LogP contribution in [0.25, 0.3) is 10.9 Å². The molecule has 1 atom stereocenters. The number of fused-ring (bicyclic) bond motifs is 2. The van der Waals surface area contributed by atoms with E-state index >= 15 is 0 Å². The quantitative estimate of drug-likeness (QED) is 0.296. The van der Waals surface area contributed by atoms with Gasteiger partial charge in [-0.2, -0.15) is 0 Å². The van der Waals surface area contributed by atoms with E-state index in [2.05, 4.69) is 15.6 Å². The van der Waals surface area contributed by atoms with Crippen LogP contribution in [0.5, 0.6) is 11.5 Å². The van der Waals surface area contributed by atoms with E-state index in [4.69, 9.17) is 18.9 Å². The molecule has 0 bridgehead atoms. The summed E-state index contributed by atoms with van der Waals surface area (Å²) in [7, 11) is 0. The van der Waals surface area contributed by atoms with Gasteiger partial charge in [-0.15, -0.1) is 0 Å². The molecule has 9 heteroatoms. The minimum Gasteiger partial charge on any atom is -0.486 e. The molecule has 3 aromatic carbocycles. The third-order valence-corrected chi connectivity index (χ3v) is 7.13. The van der Waals surface area contributed by atoms with Crippen molar-refractivity contribution in [2.24, 2.45) is 0 Å². The van der Waals surface area contributed by atoms with Gasteiger partial charge in [0.1, 0.15) is 13.2 Å². The van der Waals surface area contributed by atoms with E-state index < -0.39 is 0 Å². The fraction of sp³-hybridized carbons (Fsp3) is 0.281. The van der Waals surface area contributed by atoms with E-state index in [0.29, 0.717) is 60.4 Å². The highest BCUT2D eigenvalue weighted by Crippen LogP contribution is 2.31. The summed E-state index contributed by atoms with van der Waals surface area (Å²) >= 11 is 0. The first-order valence-corrected chi connectivity index (χ1v) is 13.7. The first kappa shape index (κ1) is 26.7. The predicted octanol–water partition coefficient (Wildman–Crippen LogP) is 5.51. The summed E-state index contributed by atoms with van der Waals surface area (Å²) < 4.78 is 22.5. The zero-order valence-electron chi connectivity index (χ0n) is 22.8. The van der Waals surface area contributed by atoms with Crippen LogP contribution < -0.4 is 20.1 Å². The van der Waals surface area contributed by atoms with Gasteiger partial charge in [0.15, 0.2) is 11.5 Å². The fourth-order valence-electron chi connectivity index (χ4n) is 4.88. The summed E-state index contributed by atoms with van der Waals surface area (Å²) in [6.07, 6.45) is 2.30. The van der Waals surface area contributed by atoms with Gasteiger partial charge < -0.3 is 29.6 Å². The minimum absolute atomic E-state index is 0.178. The second kappa shape index (κ2) is 12.0. The number of aryl methyl sites for hydroxylation is 1. The van der Waals surface area contributed by atoms with Crippen molar-refractivity contribution in [2.45, 2.75) is 32.5 Å². The van der Waals surface area contributed by atoms with Crippen molar-refractivity contribution in [3.8, 4) is 11.5 Å². The smallest absolute Gasteiger partial charge is 0.255 e. The van der Waals surface area contributed by atoms with Crippen LogP contribution in [0.3, 0.4) is 0 Å². The average Bonchev–Trinajstić information content (AvgIpc) is 3.52. The number of nitrogens with zero attached hydrogens (tertiary/aromatic N) is 1. The number of pyridine rings is 1. The number of ether oxygens (including phenoxy) is 4. The zero-order valence-corrected chi connectivity index (χ0v) is 22.8. The van der Waals surface area contributed by atoms with Gasteiger partial charge in [0, 0.05) is 34.5 Å². The lowest BCUT2D eigenvalue weighted by molar-refractivity contribution is 0.00972. The Morgan fingerprint density at radius 2 is 1.68 bits per heavy atom. The normalized spacial score (nSPS) is 16.0. The Morgan fingerprint density at radius 1 is 0.878 bits per heavy atom. The summed E-state index contributed by atoms with van der Waals surface area (Å²) in [5, 5.41) is 6.72. The summed E-state index contributed by atoms with van der Waals surface area (Å²) in [6, 6.07) is 19.7. The molecule has 1 aromatic heterocycles. The first-order chi connectivity index (χ1) is 20.0. The van der Waals surface area contributed by atoms with E-state index in [0.717, 1.165) is 41.6 Å². The molecule has 6 rings (SSSR count). The molecule has 2 aliphatic rings. The molecule has 2 amide bonds. The number of rotatable bonds is 8. The molecular weight excluding hydrogens is 522 g/mol. The number of anilines is 2. The van der Waals surface area contributed by atoms with Gasteiger partial charge in [-0.25, -0.2) is 0 Å². The molecular formula is C32H31N3O6. The lowest BCUT2D eigenvalue weighted by atomic mass is 10.1. The molecule has 2 N–H and O–H groups in total. The highest BCUT2D eigenvalue weighted by molar-refractivity contribution is 6.08. The van der Waals surface area contributed by atoms with Crippen LogP contribution >= 0.6 is 0 Å². The van der Waals surface area contributed by atoms with E-state index in [1.165, 1.54) is 0 Å². The molecule has 210 valence electrons. The highest BCUT2D eigenvalue weighted by Gasteiger charge is 2.17. The lowest BCUT2D eigenvalue weighted by Gasteiger charge is -2.18. The second-order valence-electron chi connectivity index (χ2n) is 10.2. The topological polar surface area (TPSA) is 108 Å². The predicted molar refractivity (Wildman–Crippen MR) is 155 cm³/mol. The standard InChI is InChI=1S/C32H31N3O6/c1-20-4-8-24(34-31(36)23-7-11-29-30(16-23)41-14-13-40-29)17-28(20)35-32(37)22-6-10-27-21(15-22)5-9-25(33-27)18-38-19-26-3-2-12-39-26/h4-11,15-17,26H,2-3,12-14,18-19H2,1H3,(H,34,36)(H,35,37). The van der Waals surface area contributed by atoms with E-state index in [-0.39, 0.29) is 17.9 Å². The van der Waals surface area contributed by atoms with Gasteiger partial charge >= 0.3 is 0 Å². The van der Waals surface area contributed by atoms with Crippen molar-refractivity contribution < 1.29 is 28.5 Å². The number of benzene rings is 3. The van der Waals surface area contributed by atoms with E-state index in [1.54, 1.807) is 36.4 Å². The van der Waals surface area contributed by atoms with Crippen molar-refractivity contribution in [3.63, 3.8) is 0 Å². The number of amides is 2. The summed E-state index contributed by atoms with van der Waals surface area (Å²) in [4.78, 5) is 30.7. The van der Waals surface area contributed by atoms with Crippen LogP contribution in [0.2, 0.25) is 0 Å². The number of carbonyl (C=O) groups is 2. The third-order valence-electron chi connectivity index (χ3n) is 7.13. The van der Waals surface area contributed by atoms with Crippen molar-refractivity contribution >= 4 is 34.1 Å². The van der Waals surface area contributed by atoms with E-state index in [9.17, 15) is 9.59 Å². The van der Waals surface area contributed by atoms with Crippen LogP contribution in [0.1, 0.15) is 44.8 Å². The van der Waals surface area contributed by atoms with Crippen molar-refractivity contribution in [1.82, 2.24) is 4.98 Å². The molecule has 0 radical (unpaired) electrons. The minimum atomic E-state index is -0.290. The number of carbonyl (C=O) groups excluding carboxylic acids is 2.